The highest BCUT2D eigenvalue weighted by Crippen LogP contribution is 2.21. The Morgan fingerprint density at radius 1 is 1.20 bits per heavy atom. The molecule has 1 aromatic carbocycles. The van der Waals surface area contributed by atoms with E-state index in [0.29, 0.717) is 5.69 Å². The maximum absolute atomic E-state index is 12.0. The van der Waals surface area contributed by atoms with E-state index in [4.69, 9.17) is 0 Å². The lowest BCUT2D eigenvalue weighted by atomic mass is 10.1. The molecule has 0 unspecified atom stereocenters. The van der Waals surface area contributed by atoms with E-state index in [2.05, 4.69) is 10.6 Å². The second kappa shape index (κ2) is 6.26. The van der Waals surface area contributed by atoms with Gasteiger partial charge in [-0.2, -0.15) is 0 Å². The molecule has 2 N–H and O–H groups in total. The highest BCUT2D eigenvalue weighted by molar-refractivity contribution is 7.91. The summed E-state index contributed by atoms with van der Waals surface area (Å²) in [5, 5.41) is 5.70. The fourth-order valence-corrected chi connectivity index (χ4v) is 2.75. The van der Waals surface area contributed by atoms with Gasteiger partial charge in [0.1, 0.15) is 0 Å². The molecule has 1 rings (SSSR count). The van der Waals surface area contributed by atoms with Crippen molar-refractivity contribution in [1.82, 2.24) is 5.32 Å². The van der Waals surface area contributed by atoms with Crippen LogP contribution in [0.25, 0.3) is 0 Å². The number of nitrogens with one attached hydrogen (secondary N) is 2. The standard InChI is InChI=1S/C14H22N2O3S/c1-5-20(18,19)12-9-7-6-8-11(12)15-10-13(17)16-14(2,3)4/h6-9,15H,5,10H2,1-4H3,(H,16,17). The number of amides is 1. The first kappa shape index (κ1) is 16.5. The van der Waals surface area contributed by atoms with Crippen molar-refractivity contribution in [3.8, 4) is 0 Å². The van der Waals surface area contributed by atoms with Gasteiger partial charge in [-0.25, -0.2) is 8.42 Å². The van der Waals surface area contributed by atoms with Gasteiger partial charge in [-0.3, -0.25) is 4.79 Å². The number of sulfone groups is 1. The molecule has 20 heavy (non-hydrogen) atoms. The van der Waals surface area contributed by atoms with E-state index < -0.39 is 9.84 Å². The van der Waals surface area contributed by atoms with Crippen LogP contribution in [0.4, 0.5) is 5.69 Å². The van der Waals surface area contributed by atoms with Gasteiger partial charge in [0.25, 0.3) is 0 Å². The van der Waals surface area contributed by atoms with Crippen molar-refractivity contribution < 1.29 is 13.2 Å². The van der Waals surface area contributed by atoms with E-state index >= 15 is 0 Å². The van der Waals surface area contributed by atoms with Gasteiger partial charge in [0, 0.05) is 5.54 Å². The Balaban J connectivity index is 2.82. The third-order valence-corrected chi connectivity index (χ3v) is 4.34. The van der Waals surface area contributed by atoms with Crippen LogP contribution in [0.2, 0.25) is 0 Å². The largest absolute Gasteiger partial charge is 0.375 e. The molecule has 0 fully saturated rings. The summed E-state index contributed by atoms with van der Waals surface area (Å²) in [6, 6.07) is 6.61. The molecule has 0 aromatic heterocycles. The topological polar surface area (TPSA) is 75.3 Å². The highest BCUT2D eigenvalue weighted by Gasteiger charge is 2.17. The Hall–Kier alpha value is -1.56. The number of hydrogen-bond donors (Lipinski definition) is 2. The Morgan fingerprint density at radius 2 is 1.80 bits per heavy atom. The second-order valence-electron chi connectivity index (χ2n) is 5.55. The zero-order chi connectivity index (χ0) is 15.4. The van der Waals surface area contributed by atoms with Crippen molar-refractivity contribution in [2.75, 3.05) is 17.6 Å². The number of benzene rings is 1. The summed E-state index contributed by atoms with van der Waals surface area (Å²) in [7, 11) is -3.31. The fraction of sp³-hybridized carbons (Fsp3) is 0.500. The zero-order valence-electron chi connectivity index (χ0n) is 12.4. The molecular formula is C14H22N2O3S. The van der Waals surface area contributed by atoms with E-state index in [9.17, 15) is 13.2 Å². The lowest BCUT2D eigenvalue weighted by Gasteiger charge is -2.21. The molecule has 0 spiro atoms. The predicted molar refractivity (Wildman–Crippen MR) is 80.6 cm³/mol. The molecule has 1 aromatic rings. The molecule has 0 saturated carbocycles. The van der Waals surface area contributed by atoms with Crippen LogP contribution in [0.15, 0.2) is 29.2 Å². The molecule has 0 bridgehead atoms. The van der Waals surface area contributed by atoms with Gasteiger partial charge in [-0.15, -0.1) is 0 Å². The summed E-state index contributed by atoms with van der Waals surface area (Å²) in [4.78, 5) is 12.0. The monoisotopic (exact) mass is 298 g/mol. The van der Waals surface area contributed by atoms with Crippen LogP contribution in [-0.4, -0.2) is 32.2 Å². The molecule has 1 amide bonds. The van der Waals surface area contributed by atoms with Crippen molar-refractivity contribution in [2.45, 2.75) is 38.1 Å². The zero-order valence-corrected chi connectivity index (χ0v) is 13.2. The van der Waals surface area contributed by atoms with Crippen LogP contribution in [-0.2, 0) is 14.6 Å². The summed E-state index contributed by atoms with van der Waals surface area (Å²) in [5.41, 5.74) is 0.145. The first-order valence-electron chi connectivity index (χ1n) is 6.52. The SMILES string of the molecule is CCS(=O)(=O)c1ccccc1NCC(=O)NC(C)(C)C. The van der Waals surface area contributed by atoms with Crippen molar-refractivity contribution >= 4 is 21.4 Å². The van der Waals surface area contributed by atoms with Gasteiger partial charge in [0.15, 0.2) is 9.84 Å². The van der Waals surface area contributed by atoms with Crippen LogP contribution < -0.4 is 10.6 Å². The van der Waals surface area contributed by atoms with Crippen molar-refractivity contribution in [3.63, 3.8) is 0 Å². The van der Waals surface area contributed by atoms with Crippen molar-refractivity contribution in [2.24, 2.45) is 0 Å². The minimum atomic E-state index is -3.31. The number of para-hydroxylation sites is 1. The fourth-order valence-electron chi connectivity index (χ4n) is 1.68. The molecule has 0 radical (unpaired) electrons. The lowest BCUT2D eigenvalue weighted by Crippen LogP contribution is -2.43. The first-order chi connectivity index (χ1) is 9.15. The average molecular weight is 298 g/mol. The number of hydrogen-bond acceptors (Lipinski definition) is 4. The van der Waals surface area contributed by atoms with Crippen LogP contribution in [0, 0.1) is 0 Å². The molecule has 5 nitrogen and oxygen atoms in total. The van der Waals surface area contributed by atoms with Crippen molar-refractivity contribution in [1.29, 1.82) is 0 Å². The number of anilines is 1. The van der Waals surface area contributed by atoms with Gasteiger partial charge in [0.05, 0.1) is 22.9 Å². The molecule has 0 heterocycles. The number of carbonyl (C=O) groups excluding carboxylic acids is 1. The molecule has 0 aliphatic heterocycles. The first-order valence-corrected chi connectivity index (χ1v) is 8.17. The lowest BCUT2D eigenvalue weighted by molar-refractivity contribution is -0.120. The smallest absolute Gasteiger partial charge is 0.239 e. The molecule has 0 aliphatic carbocycles. The Morgan fingerprint density at radius 3 is 2.35 bits per heavy atom. The molecular weight excluding hydrogens is 276 g/mol. The Kier molecular flexibility index (Phi) is 5.16. The maximum Gasteiger partial charge on any atom is 0.239 e. The summed E-state index contributed by atoms with van der Waals surface area (Å²) in [6.07, 6.45) is 0. The molecule has 0 atom stereocenters. The minimum absolute atomic E-state index is 0.0277. The summed E-state index contributed by atoms with van der Waals surface area (Å²) in [5.74, 6) is -0.152. The number of carbonyl (C=O) groups is 1. The van der Waals surface area contributed by atoms with Crippen LogP contribution in [0.1, 0.15) is 27.7 Å². The number of rotatable bonds is 5. The van der Waals surface area contributed by atoms with Gasteiger partial charge < -0.3 is 10.6 Å². The highest BCUT2D eigenvalue weighted by atomic mass is 32.2. The summed E-state index contributed by atoms with van der Waals surface area (Å²) >= 11 is 0. The maximum atomic E-state index is 12.0. The molecule has 0 saturated heterocycles. The van der Waals surface area contributed by atoms with Crippen LogP contribution >= 0.6 is 0 Å². The molecule has 6 heteroatoms. The second-order valence-corrected chi connectivity index (χ2v) is 7.80. The van der Waals surface area contributed by atoms with Crippen LogP contribution in [0.5, 0.6) is 0 Å². The summed E-state index contributed by atoms with van der Waals surface area (Å²) in [6.45, 7) is 7.30. The minimum Gasteiger partial charge on any atom is -0.375 e. The quantitative estimate of drug-likeness (QED) is 0.869. The van der Waals surface area contributed by atoms with E-state index in [1.807, 2.05) is 20.8 Å². The Labute approximate surface area is 120 Å². The molecule has 112 valence electrons. The van der Waals surface area contributed by atoms with E-state index in [-0.39, 0.29) is 28.6 Å². The van der Waals surface area contributed by atoms with Gasteiger partial charge in [-0.05, 0) is 32.9 Å². The van der Waals surface area contributed by atoms with Crippen molar-refractivity contribution in [3.05, 3.63) is 24.3 Å². The third-order valence-electron chi connectivity index (χ3n) is 2.56. The van der Waals surface area contributed by atoms with E-state index in [1.165, 1.54) is 0 Å². The van der Waals surface area contributed by atoms with Gasteiger partial charge >= 0.3 is 0 Å². The van der Waals surface area contributed by atoms with E-state index in [0.717, 1.165) is 0 Å². The molecule has 0 aliphatic rings. The van der Waals surface area contributed by atoms with Crippen LogP contribution in [0.3, 0.4) is 0 Å². The van der Waals surface area contributed by atoms with E-state index in [1.54, 1.807) is 31.2 Å². The predicted octanol–water partition coefficient (Wildman–Crippen LogP) is 1.81. The average Bonchev–Trinajstić information content (AvgIpc) is 2.34. The van der Waals surface area contributed by atoms with Gasteiger partial charge in [-0.1, -0.05) is 19.1 Å². The normalized spacial score (nSPS) is 12.0. The van der Waals surface area contributed by atoms with Gasteiger partial charge in [0.2, 0.25) is 5.91 Å². The third kappa shape index (κ3) is 4.85. The Bertz CT molecular complexity index is 574. The summed E-state index contributed by atoms with van der Waals surface area (Å²) < 4.78 is 23.9.